The van der Waals surface area contributed by atoms with Crippen LogP contribution in [-0.4, -0.2) is 20.5 Å². The van der Waals surface area contributed by atoms with E-state index in [0.29, 0.717) is 5.69 Å². The summed E-state index contributed by atoms with van der Waals surface area (Å²) in [7, 11) is -3.70. The third kappa shape index (κ3) is 5.27. The van der Waals surface area contributed by atoms with Crippen LogP contribution in [0.3, 0.4) is 0 Å². The molecule has 0 aromatic heterocycles. The topological polar surface area (TPSA) is 101 Å². The van der Waals surface area contributed by atoms with Crippen molar-refractivity contribution in [3.8, 4) is 0 Å². The van der Waals surface area contributed by atoms with Gasteiger partial charge in [0.25, 0.3) is 0 Å². The molecule has 0 bridgehead atoms. The first-order valence-electron chi connectivity index (χ1n) is 6.03. The molecule has 2 amide bonds. The molecular formula is C12H19N3O3S. The van der Waals surface area contributed by atoms with Crippen molar-refractivity contribution in [2.24, 2.45) is 5.14 Å². The molecule has 1 aromatic carbocycles. The third-order valence-corrected chi connectivity index (χ3v) is 3.47. The number of anilines is 1. The van der Waals surface area contributed by atoms with Crippen molar-refractivity contribution in [2.45, 2.75) is 37.6 Å². The molecule has 0 aliphatic rings. The summed E-state index contributed by atoms with van der Waals surface area (Å²) in [4.78, 5) is 11.6. The van der Waals surface area contributed by atoms with E-state index in [0.717, 1.165) is 12.8 Å². The van der Waals surface area contributed by atoms with Crippen molar-refractivity contribution in [1.29, 1.82) is 0 Å². The van der Waals surface area contributed by atoms with Gasteiger partial charge in [0.05, 0.1) is 4.90 Å². The van der Waals surface area contributed by atoms with E-state index in [4.69, 9.17) is 5.14 Å². The molecule has 0 spiro atoms. The van der Waals surface area contributed by atoms with Gasteiger partial charge in [-0.2, -0.15) is 0 Å². The van der Waals surface area contributed by atoms with Gasteiger partial charge in [0.15, 0.2) is 0 Å². The van der Waals surface area contributed by atoms with Crippen LogP contribution >= 0.6 is 0 Å². The minimum absolute atomic E-state index is 0.0119. The molecule has 0 aliphatic carbocycles. The highest BCUT2D eigenvalue weighted by molar-refractivity contribution is 7.89. The molecule has 4 N–H and O–H groups in total. The molecule has 0 saturated carbocycles. The lowest BCUT2D eigenvalue weighted by molar-refractivity contribution is 0.248. The number of rotatable bonds is 5. The molecule has 7 heteroatoms. The highest BCUT2D eigenvalue weighted by atomic mass is 32.2. The zero-order valence-electron chi connectivity index (χ0n) is 11.0. The Balaban J connectivity index is 2.61. The van der Waals surface area contributed by atoms with Crippen molar-refractivity contribution in [3.05, 3.63) is 24.3 Å². The number of primary sulfonamides is 1. The molecule has 6 nitrogen and oxygen atoms in total. The Morgan fingerprint density at radius 1 is 1.32 bits per heavy atom. The third-order valence-electron chi connectivity index (χ3n) is 2.54. The molecule has 0 heterocycles. The lowest BCUT2D eigenvalue weighted by Crippen LogP contribution is -2.35. The predicted octanol–water partition coefficient (Wildman–Crippen LogP) is 1.64. The second kappa shape index (κ2) is 6.53. The molecule has 0 radical (unpaired) electrons. The van der Waals surface area contributed by atoms with Gasteiger partial charge in [0.2, 0.25) is 10.0 Å². The Kier molecular flexibility index (Phi) is 5.31. The van der Waals surface area contributed by atoms with Crippen LogP contribution in [0.4, 0.5) is 10.5 Å². The Hall–Kier alpha value is -1.60. The second-order valence-corrected chi connectivity index (χ2v) is 5.92. The highest BCUT2D eigenvalue weighted by Gasteiger charge is 2.09. The summed E-state index contributed by atoms with van der Waals surface area (Å²) >= 11 is 0. The smallest absolute Gasteiger partial charge is 0.319 e. The van der Waals surface area contributed by atoms with Gasteiger partial charge < -0.3 is 10.6 Å². The molecule has 1 aromatic rings. The maximum atomic E-state index is 11.6. The number of amides is 2. The Labute approximate surface area is 113 Å². The monoisotopic (exact) mass is 285 g/mol. The summed E-state index contributed by atoms with van der Waals surface area (Å²) in [6, 6.07) is 5.45. The fourth-order valence-electron chi connectivity index (χ4n) is 1.62. The van der Waals surface area contributed by atoms with Crippen molar-refractivity contribution < 1.29 is 13.2 Å². The Bertz CT molecular complexity index is 526. The molecule has 106 valence electrons. The van der Waals surface area contributed by atoms with Crippen LogP contribution in [0.5, 0.6) is 0 Å². The van der Waals surface area contributed by atoms with Gasteiger partial charge in [-0.15, -0.1) is 0 Å². The fraction of sp³-hybridized carbons (Fsp3) is 0.417. The molecule has 0 unspecified atom stereocenters. The summed E-state index contributed by atoms with van der Waals surface area (Å²) in [6.07, 6.45) is 1.89. The fourth-order valence-corrected chi connectivity index (χ4v) is 2.14. The number of hydrogen-bond donors (Lipinski definition) is 3. The molecule has 1 atom stereocenters. The maximum Gasteiger partial charge on any atom is 0.319 e. The van der Waals surface area contributed by atoms with E-state index in [1.807, 2.05) is 13.8 Å². The van der Waals surface area contributed by atoms with Crippen LogP contribution < -0.4 is 15.8 Å². The van der Waals surface area contributed by atoms with Crippen molar-refractivity contribution in [2.75, 3.05) is 5.32 Å². The number of nitrogens with two attached hydrogens (primary N) is 1. The van der Waals surface area contributed by atoms with E-state index < -0.39 is 10.0 Å². The first-order valence-corrected chi connectivity index (χ1v) is 7.58. The molecular weight excluding hydrogens is 266 g/mol. The number of hydrogen-bond acceptors (Lipinski definition) is 3. The molecule has 0 fully saturated rings. The first-order chi connectivity index (χ1) is 8.82. The Morgan fingerprint density at radius 3 is 2.37 bits per heavy atom. The molecule has 1 rings (SSSR count). The number of carbonyl (C=O) groups is 1. The zero-order valence-corrected chi connectivity index (χ0v) is 11.8. The highest BCUT2D eigenvalue weighted by Crippen LogP contribution is 2.12. The van der Waals surface area contributed by atoms with Gasteiger partial charge in [-0.05, 0) is 37.6 Å². The number of sulfonamides is 1. The van der Waals surface area contributed by atoms with E-state index in [9.17, 15) is 13.2 Å². The summed E-state index contributed by atoms with van der Waals surface area (Å²) in [5, 5.41) is 10.4. The van der Waals surface area contributed by atoms with Gasteiger partial charge in [-0.25, -0.2) is 18.4 Å². The van der Waals surface area contributed by atoms with E-state index in [-0.39, 0.29) is 17.0 Å². The average Bonchev–Trinajstić information content (AvgIpc) is 2.28. The average molecular weight is 285 g/mol. The Morgan fingerprint density at radius 2 is 1.89 bits per heavy atom. The van der Waals surface area contributed by atoms with Crippen LogP contribution in [0.1, 0.15) is 26.7 Å². The van der Waals surface area contributed by atoms with Crippen molar-refractivity contribution >= 4 is 21.7 Å². The van der Waals surface area contributed by atoms with Gasteiger partial charge in [-0.1, -0.05) is 13.3 Å². The van der Waals surface area contributed by atoms with E-state index in [1.165, 1.54) is 24.3 Å². The van der Waals surface area contributed by atoms with Crippen LogP contribution in [0, 0.1) is 0 Å². The van der Waals surface area contributed by atoms with Gasteiger partial charge >= 0.3 is 6.03 Å². The van der Waals surface area contributed by atoms with Crippen LogP contribution in [0.15, 0.2) is 29.2 Å². The quantitative estimate of drug-likeness (QED) is 0.766. The molecule has 0 saturated heterocycles. The summed E-state index contributed by atoms with van der Waals surface area (Å²) in [5.74, 6) is 0. The van der Waals surface area contributed by atoms with Crippen LogP contribution in [0.25, 0.3) is 0 Å². The normalized spacial score (nSPS) is 12.8. The lowest BCUT2D eigenvalue weighted by Gasteiger charge is -2.13. The second-order valence-electron chi connectivity index (χ2n) is 4.36. The minimum Gasteiger partial charge on any atom is -0.335 e. The van der Waals surface area contributed by atoms with E-state index in [2.05, 4.69) is 10.6 Å². The summed E-state index contributed by atoms with van der Waals surface area (Å²) in [6.45, 7) is 3.97. The van der Waals surface area contributed by atoms with E-state index >= 15 is 0 Å². The van der Waals surface area contributed by atoms with Crippen molar-refractivity contribution in [1.82, 2.24) is 5.32 Å². The minimum atomic E-state index is -3.70. The first kappa shape index (κ1) is 15.5. The van der Waals surface area contributed by atoms with Crippen molar-refractivity contribution in [3.63, 3.8) is 0 Å². The number of nitrogens with one attached hydrogen (secondary N) is 2. The van der Waals surface area contributed by atoms with Gasteiger partial charge in [0.1, 0.15) is 0 Å². The number of benzene rings is 1. The zero-order chi connectivity index (χ0) is 14.5. The number of urea groups is 1. The summed E-state index contributed by atoms with van der Waals surface area (Å²) < 4.78 is 22.1. The van der Waals surface area contributed by atoms with Crippen LogP contribution in [0.2, 0.25) is 0 Å². The largest absolute Gasteiger partial charge is 0.335 e. The van der Waals surface area contributed by atoms with Gasteiger partial charge in [0, 0.05) is 11.7 Å². The van der Waals surface area contributed by atoms with E-state index in [1.54, 1.807) is 0 Å². The van der Waals surface area contributed by atoms with Crippen LogP contribution in [-0.2, 0) is 10.0 Å². The lowest BCUT2D eigenvalue weighted by atomic mass is 10.2. The summed E-state index contributed by atoms with van der Waals surface area (Å²) in [5.41, 5.74) is 0.508. The maximum absolute atomic E-state index is 11.6. The number of carbonyl (C=O) groups excluding carboxylic acids is 1. The predicted molar refractivity (Wildman–Crippen MR) is 74.3 cm³/mol. The molecule has 19 heavy (non-hydrogen) atoms. The standard InChI is InChI=1S/C12H19N3O3S/c1-3-4-9(2)14-12(16)15-10-5-7-11(8-6-10)19(13,17)18/h5-9H,3-4H2,1-2H3,(H2,13,17,18)(H2,14,15,16)/t9-/m0/s1. The SMILES string of the molecule is CCC[C@H](C)NC(=O)Nc1ccc(S(N)(=O)=O)cc1. The molecule has 0 aliphatic heterocycles. The van der Waals surface area contributed by atoms with Gasteiger partial charge in [-0.3, -0.25) is 0 Å².